The number of aromatic nitrogens is 2. The average Bonchev–Trinajstić information content (AvgIpc) is 3.00. The molecule has 108 valence electrons. The number of methoxy groups -OCH3 is 1. The molecule has 0 aliphatic heterocycles. The number of ether oxygens (including phenoxy) is 2. The topological polar surface area (TPSA) is 82.3 Å². The minimum atomic E-state index is 0.260. The second kappa shape index (κ2) is 5.94. The largest absolute Gasteiger partial charge is 0.497 e. The minimum Gasteiger partial charge on any atom is -0.497 e. The van der Waals surface area contributed by atoms with E-state index in [-0.39, 0.29) is 6.61 Å². The number of hydrazine groups is 1. The number of thiophene rings is 1. The van der Waals surface area contributed by atoms with Crippen molar-refractivity contribution in [3.63, 3.8) is 0 Å². The zero-order valence-corrected chi connectivity index (χ0v) is 12.2. The van der Waals surface area contributed by atoms with Crippen LogP contribution in [0.15, 0.2) is 35.7 Å². The normalized spacial score (nSPS) is 10.6. The van der Waals surface area contributed by atoms with Crippen molar-refractivity contribution in [2.75, 3.05) is 12.5 Å². The van der Waals surface area contributed by atoms with Gasteiger partial charge in [0.2, 0.25) is 0 Å². The molecule has 3 rings (SSSR count). The van der Waals surface area contributed by atoms with Gasteiger partial charge >= 0.3 is 0 Å². The fraction of sp³-hybridized carbons (Fsp3) is 0.143. The Labute approximate surface area is 125 Å². The number of benzene rings is 1. The number of anilines is 1. The third-order valence-corrected chi connectivity index (χ3v) is 3.72. The number of fused-ring (bicyclic) bond motifs is 1. The summed E-state index contributed by atoms with van der Waals surface area (Å²) in [5, 5.41) is 2.86. The maximum absolute atomic E-state index is 5.69. The van der Waals surface area contributed by atoms with Gasteiger partial charge in [-0.05, 0) is 23.6 Å². The Balaban J connectivity index is 1.81. The monoisotopic (exact) mass is 302 g/mol. The Bertz CT molecular complexity index is 760. The van der Waals surface area contributed by atoms with E-state index in [2.05, 4.69) is 15.4 Å². The van der Waals surface area contributed by atoms with E-state index in [0.717, 1.165) is 16.0 Å². The molecular weight excluding hydrogens is 288 g/mol. The smallest absolute Gasteiger partial charge is 0.169 e. The van der Waals surface area contributed by atoms with Crippen molar-refractivity contribution in [2.45, 2.75) is 6.61 Å². The van der Waals surface area contributed by atoms with Crippen molar-refractivity contribution in [3.8, 4) is 11.5 Å². The number of nitrogens with two attached hydrogens (primary N) is 1. The Morgan fingerprint density at radius 3 is 2.90 bits per heavy atom. The summed E-state index contributed by atoms with van der Waals surface area (Å²) in [5.74, 6) is 8.11. The molecule has 2 heterocycles. The molecule has 0 saturated heterocycles. The highest BCUT2D eigenvalue weighted by atomic mass is 32.1. The summed E-state index contributed by atoms with van der Waals surface area (Å²) in [4.78, 5) is 9.69. The van der Waals surface area contributed by atoms with Gasteiger partial charge in [0.1, 0.15) is 22.9 Å². The molecule has 0 spiro atoms. The van der Waals surface area contributed by atoms with Gasteiger partial charge in [-0.3, -0.25) is 0 Å². The molecule has 21 heavy (non-hydrogen) atoms. The second-order valence-electron chi connectivity index (χ2n) is 4.24. The molecule has 0 amide bonds. The Kier molecular flexibility index (Phi) is 3.85. The molecule has 0 radical (unpaired) electrons. The van der Waals surface area contributed by atoms with Crippen LogP contribution in [0, 0.1) is 0 Å². The molecule has 1 aromatic carbocycles. The van der Waals surface area contributed by atoms with Crippen LogP contribution in [-0.4, -0.2) is 17.1 Å². The first-order valence-corrected chi connectivity index (χ1v) is 7.15. The second-order valence-corrected chi connectivity index (χ2v) is 5.13. The zero-order chi connectivity index (χ0) is 14.7. The number of nitrogen functional groups attached to an aromatic ring is 1. The van der Waals surface area contributed by atoms with Crippen LogP contribution in [0.25, 0.3) is 10.2 Å². The van der Waals surface area contributed by atoms with Gasteiger partial charge in [0.05, 0.1) is 12.5 Å². The van der Waals surface area contributed by atoms with Gasteiger partial charge in [0.15, 0.2) is 11.6 Å². The van der Waals surface area contributed by atoms with Crippen molar-refractivity contribution in [1.82, 2.24) is 9.97 Å². The number of nitrogens with one attached hydrogen (secondary N) is 1. The van der Waals surface area contributed by atoms with Crippen molar-refractivity contribution in [1.29, 1.82) is 0 Å². The van der Waals surface area contributed by atoms with E-state index in [9.17, 15) is 0 Å². The lowest BCUT2D eigenvalue weighted by molar-refractivity contribution is 0.294. The van der Waals surface area contributed by atoms with Gasteiger partial charge in [0, 0.05) is 6.07 Å². The molecule has 6 nitrogen and oxygen atoms in total. The molecular formula is C14H14N4O2S. The number of hydrogen-bond acceptors (Lipinski definition) is 7. The fourth-order valence-corrected chi connectivity index (χ4v) is 2.70. The Hall–Kier alpha value is -2.38. The molecule has 2 aromatic heterocycles. The van der Waals surface area contributed by atoms with E-state index in [0.29, 0.717) is 17.4 Å². The minimum absolute atomic E-state index is 0.260. The van der Waals surface area contributed by atoms with E-state index in [1.165, 1.54) is 11.3 Å². The number of nitrogens with zero attached hydrogens (tertiary/aromatic N) is 2. The number of rotatable bonds is 5. The van der Waals surface area contributed by atoms with Crippen LogP contribution in [0.4, 0.5) is 5.82 Å². The number of hydrogen-bond donors (Lipinski definition) is 2. The molecule has 3 N–H and O–H groups in total. The first kappa shape index (κ1) is 13.6. The first-order valence-electron chi connectivity index (χ1n) is 6.28. The van der Waals surface area contributed by atoms with Crippen LogP contribution in [0.1, 0.15) is 5.82 Å². The molecule has 3 aromatic rings. The SMILES string of the molecule is COc1cccc(OCc2nc(NN)c3ccsc3n2)c1. The highest BCUT2D eigenvalue weighted by Gasteiger charge is 2.08. The molecule has 0 unspecified atom stereocenters. The summed E-state index contributed by atoms with van der Waals surface area (Å²) in [6.45, 7) is 0.260. The molecule has 0 aliphatic carbocycles. The highest BCUT2D eigenvalue weighted by Crippen LogP contribution is 2.25. The molecule has 7 heteroatoms. The van der Waals surface area contributed by atoms with Crippen LogP contribution in [0.5, 0.6) is 11.5 Å². The first-order chi connectivity index (χ1) is 10.3. The Morgan fingerprint density at radius 1 is 1.24 bits per heavy atom. The van der Waals surface area contributed by atoms with E-state index in [4.69, 9.17) is 15.3 Å². The van der Waals surface area contributed by atoms with Crippen LogP contribution >= 0.6 is 11.3 Å². The third kappa shape index (κ3) is 2.88. The van der Waals surface area contributed by atoms with Crippen LogP contribution < -0.4 is 20.7 Å². The fourth-order valence-electron chi connectivity index (χ4n) is 1.91. The summed E-state index contributed by atoms with van der Waals surface area (Å²) in [5.41, 5.74) is 2.59. The molecule has 0 fully saturated rings. The predicted octanol–water partition coefficient (Wildman–Crippen LogP) is 2.56. The summed E-state index contributed by atoms with van der Waals surface area (Å²) < 4.78 is 10.8. The van der Waals surface area contributed by atoms with Gasteiger partial charge in [0.25, 0.3) is 0 Å². The molecule has 0 saturated carbocycles. The lowest BCUT2D eigenvalue weighted by Gasteiger charge is -2.08. The molecule has 0 aliphatic rings. The van der Waals surface area contributed by atoms with Crippen molar-refractivity contribution >= 4 is 27.4 Å². The van der Waals surface area contributed by atoms with Gasteiger partial charge in [-0.1, -0.05) is 6.07 Å². The maximum Gasteiger partial charge on any atom is 0.169 e. The quantitative estimate of drug-likeness (QED) is 0.557. The average molecular weight is 302 g/mol. The van der Waals surface area contributed by atoms with E-state index in [1.54, 1.807) is 7.11 Å². The van der Waals surface area contributed by atoms with Gasteiger partial charge in [-0.2, -0.15) is 0 Å². The van der Waals surface area contributed by atoms with Gasteiger partial charge in [-0.25, -0.2) is 15.8 Å². The summed E-state index contributed by atoms with van der Waals surface area (Å²) in [7, 11) is 1.62. The van der Waals surface area contributed by atoms with Crippen LogP contribution in [0.2, 0.25) is 0 Å². The predicted molar refractivity (Wildman–Crippen MR) is 82.6 cm³/mol. The van der Waals surface area contributed by atoms with Crippen LogP contribution in [0.3, 0.4) is 0 Å². The Morgan fingerprint density at radius 2 is 2.10 bits per heavy atom. The third-order valence-electron chi connectivity index (χ3n) is 2.92. The summed E-state index contributed by atoms with van der Waals surface area (Å²) in [6.07, 6.45) is 0. The maximum atomic E-state index is 5.69. The van der Waals surface area contributed by atoms with E-state index >= 15 is 0 Å². The lowest BCUT2D eigenvalue weighted by Crippen LogP contribution is -2.11. The van der Waals surface area contributed by atoms with Gasteiger partial charge < -0.3 is 14.9 Å². The van der Waals surface area contributed by atoms with Crippen molar-refractivity contribution < 1.29 is 9.47 Å². The van der Waals surface area contributed by atoms with Crippen molar-refractivity contribution in [3.05, 3.63) is 41.5 Å². The van der Waals surface area contributed by atoms with Crippen molar-refractivity contribution in [2.24, 2.45) is 5.84 Å². The standard InChI is InChI=1S/C14H14N4O2S/c1-19-9-3-2-4-10(7-9)20-8-12-16-13(18-15)11-5-6-21-14(11)17-12/h2-7H,8,15H2,1H3,(H,16,17,18). The van der Waals surface area contributed by atoms with Crippen LogP contribution in [-0.2, 0) is 6.61 Å². The lowest BCUT2D eigenvalue weighted by atomic mass is 10.3. The molecule has 0 bridgehead atoms. The van der Waals surface area contributed by atoms with Gasteiger partial charge in [-0.15, -0.1) is 11.3 Å². The molecule has 0 atom stereocenters. The zero-order valence-electron chi connectivity index (χ0n) is 11.4. The van der Waals surface area contributed by atoms with E-state index in [1.807, 2.05) is 35.7 Å². The summed E-state index contributed by atoms with van der Waals surface area (Å²) in [6, 6.07) is 9.32. The summed E-state index contributed by atoms with van der Waals surface area (Å²) >= 11 is 1.54. The highest BCUT2D eigenvalue weighted by molar-refractivity contribution is 7.16. The van der Waals surface area contributed by atoms with E-state index < -0.39 is 0 Å².